The van der Waals surface area contributed by atoms with E-state index in [4.69, 9.17) is 5.11 Å². The first-order valence-electron chi connectivity index (χ1n) is 5.61. The largest absolute Gasteiger partial charge is 0.481 e. The molecule has 1 rings (SSSR count). The van der Waals surface area contributed by atoms with E-state index in [9.17, 15) is 4.79 Å². The lowest BCUT2D eigenvalue weighted by molar-refractivity contribution is -0.139. The normalized spacial score (nSPS) is 14.4. The topological polar surface area (TPSA) is 49.3 Å². The van der Waals surface area contributed by atoms with E-state index in [2.05, 4.69) is 12.2 Å². The Morgan fingerprint density at radius 2 is 2.00 bits per heavy atom. The molecule has 3 nitrogen and oxygen atoms in total. The minimum atomic E-state index is -0.772. The molecule has 0 heterocycles. The number of hydrogen-bond acceptors (Lipinski definition) is 2. The first-order chi connectivity index (χ1) is 7.64. The van der Waals surface area contributed by atoms with Crippen molar-refractivity contribution >= 4 is 5.97 Å². The van der Waals surface area contributed by atoms with Crippen LogP contribution in [0.1, 0.15) is 31.7 Å². The van der Waals surface area contributed by atoms with Gasteiger partial charge in [-0.2, -0.15) is 0 Å². The lowest BCUT2D eigenvalue weighted by atomic mass is 9.83. The van der Waals surface area contributed by atoms with Crippen molar-refractivity contribution < 1.29 is 9.90 Å². The Morgan fingerprint density at radius 3 is 2.44 bits per heavy atom. The molecule has 0 aromatic heterocycles. The number of carboxylic acids is 1. The molecule has 3 heteroatoms. The number of carbonyl (C=O) groups is 1. The highest BCUT2D eigenvalue weighted by atomic mass is 16.4. The van der Waals surface area contributed by atoms with Gasteiger partial charge in [-0.3, -0.25) is 4.79 Å². The van der Waals surface area contributed by atoms with E-state index in [1.165, 1.54) is 0 Å². The zero-order valence-corrected chi connectivity index (χ0v) is 9.86. The number of aliphatic carboxylic acids is 1. The summed E-state index contributed by atoms with van der Waals surface area (Å²) in [6.07, 6.45) is 1.88. The third-order valence-corrected chi connectivity index (χ3v) is 2.93. The third-order valence-electron chi connectivity index (χ3n) is 2.93. The van der Waals surface area contributed by atoms with Crippen molar-refractivity contribution in [3.63, 3.8) is 0 Å². The second-order valence-corrected chi connectivity index (χ2v) is 4.02. The molecule has 16 heavy (non-hydrogen) atoms. The summed E-state index contributed by atoms with van der Waals surface area (Å²) in [5, 5.41) is 12.2. The molecule has 0 aliphatic heterocycles. The van der Waals surface area contributed by atoms with Gasteiger partial charge in [-0.1, -0.05) is 43.7 Å². The highest BCUT2D eigenvalue weighted by Gasteiger charge is 2.31. The smallest absolute Gasteiger partial charge is 0.305 e. The van der Waals surface area contributed by atoms with Crippen LogP contribution < -0.4 is 5.32 Å². The van der Waals surface area contributed by atoms with Crippen molar-refractivity contribution in [2.24, 2.45) is 0 Å². The zero-order chi connectivity index (χ0) is 12.0. The Morgan fingerprint density at radius 1 is 1.38 bits per heavy atom. The van der Waals surface area contributed by atoms with E-state index in [1.54, 1.807) is 0 Å². The molecule has 1 aromatic rings. The van der Waals surface area contributed by atoms with Gasteiger partial charge in [0.05, 0.1) is 12.0 Å². The van der Waals surface area contributed by atoms with Gasteiger partial charge in [0.1, 0.15) is 0 Å². The van der Waals surface area contributed by atoms with E-state index < -0.39 is 11.5 Å². The van der Waals surface area contributed by atoms with Crippen LogP contribution in [0, 0.1) is 0 Å². The Bertz CT molecular complexity index is 337. The molecular weight excluding hydrogens is 202 g/mol. The van der Waals surface area contributed by atoms with Gasteiger partial charge in [0.2, 0.25) is 0 Å². The van der Waals surface area contributed by atoms with Crippen LogP contribution in [0.15, 0.2) is 30.3 Å². The highest BCUT2D eigenvalue weighted by molar-refractivity contribution is 5.69. The molecule has 1 atom stereocenters. The molecule has 1 unspecified atom stereocenters. The average Bonchev–Trinajstić information content (AvgIpc) is 2.29. The average molecular weight is 221 g/mol. The number of benzene rings is 1. The molecule has 0 spiro atoms. The van der Waals surface area contributed by atoms with Gasteiger partial charge >= 0.3 is 5.97 Å². The Balaban J connectivity index is 3.06. The van der Waals surface area contributed by atoms with Gasteiger partial charge in [0.15, 0.2) is 0 Å². The zero-order valence-electron chi connectivity index (χ0n) is 9.86. The predicted octanol–water partition coefficient (Wildman–Crippen LogP) is 2.38. The molecule has 0 amide bonds. The van der Waals surface area contributed by atoms with Gasteiger partial charge in [0.25, 0.3) is 0 Å². The minimum Gasteiger partial charge on any atom is -0.481 e. The summed E-state index contributed by atoms with van der Waals surface area (Å²) in [7, 11) is 1.82. The Hall–Kier alpha value is -1.35. The molecule has 88 valence electrons. The quantitative estimate of drug-likeness (QED) is 0.775. The summed E-state index contributed by atoms with van der Waals surface area (Å²) < 4.78 is 0. The second kappa shape index (κ2) is 5.66. The van der Waals surface area contributed by atoms with Crippen LogP contribution in [0.3, 0.4) is 0 Å². The van der Waals surface area contributed by atoms with Crippen molar-refractivity contribution in [1.82, 2.24) is 5.32 Å². The Labute approximate surface area is 96.5 Å². The van der Waals surface area contributed by atoms with Crippen LogP contribution in [0.2, 0.25) is 0 Å². The van der Waals surface area contributed by atoms with Gasteiger partial charge in [-0.15, -0.1) is 0 Å². The molecule has 2 N–H and O–H groups in total. The van der Waals surface area contributed by atoms with Crippen LogP contribution in [0.4, 0.5) is 0 Å². The van der Waals surface area contributed by atoms with E-state index in [-0.39, 0.29) is 6.42 Å². The fourth-order valence-electron chi connectivity index (χ4n) is 2.13. The second-order valence-electron chi connectivity index (χ2n) is 4.02. The molecule has 0 aliphatic carbocycles. The van der Waals surface area contributed by atoms with Crippen molar-refractivity contribution in [3.8, 4) is 0 Å². The van der Waals surface area contributed by atoms with Crippen molar-refractivity contribution in [1.29, 1.82) is 0 Å². The molecule has 1 aromatic carbocycles. The lowest BCUT2D eigenvalue weighted by Gasteiger charge is -2.32. The van der Waals surface area contributed by atoms with Gasteiger partial charge < -0.3 is 10.4 Å². The van der Waals surface area contributed by atoms with Crippen LogP contribution in [0.5, 0.6) is 0 Å². The molecular formula is C13H19NO2. The monoisotopic (exact) mass is 221 g/mol. The number of nitrogens with one attached hydrogen (secondary N) is 1. The first kappa shape index (κ1) is 12.7. The van der Waals surface area contributed by atoms with Crippen molar-refractivity contribution in [2.45, 2.75) is 31.7 Å². The van der Waals surface area contributed by atoms with E-state index >= 15 is 0 Å². The minimum absolute atomic E-state index is 0.112. The van der Waals surface area contributed by atoms with Crippen LogP contribution >= 0.6 is 0 Å². The van der Waals surface area contributed by atoms with Crippen molar-refractivity contribution in [3.05, 3.63) is 35.9 Å². The fraction of sp³-hybridized carbons (Fsp3) is 0.462. The molecule has 0 saturated carbocycles. The first-order valence-corrected chi connectivity index (χ1v) is 5.61. The summed E-state index contributed by atoms with van der Waals surface area (Å²) in [6, 6.07) is 9.79. The summed E-state index contributed by atoms with van der Waals surface area (Å²) in [6.45, 7) is 2.07. The SMILES string of the molecule is CCCC(CC(=O)O)(NC)c1ccccc1. The maximum absolute atomic E-state index is 11.0. The van der Waals surface area contributed by atoms with Gasteiger partial charge in [-0.25, -0.2) is 0 Å². The fourth-order valence-corrected chi connectivity index (χ4v) is 2.13. The summed E-state index contributed by atoms with van der Waals surface area (Å²) in [5.74, 6) is -0.772. The number of rotatable bonds is 6. The lowest BCUT2D eigenvalue weighted by Crippen LogP contribution is -2.41. The molecule has 0 saturated heterocycles. The van der Waals surface area contributed by atoms with Gasteiger partial charge in [-0.05, 0) is 19.0 Å². The highest BCUT2D eigenvalue weighted by Crippen LogP contribution is 2.29. The van der Waals surface area contributed by atoms with Crippen LogP contribution in [-0.2, 0) is 10.3 Å². The summed E-state index contributed by atoms with van der Waals surface area (Å²) in [5.41, 5.74) is 0.601. The number of hydrogen-bond donors (Lipinski definition) is 2. The third kappa shape index (κ3) is 2.83. The van der Waals surface area contributed by atoms with Crippen LogP contribution in [-0.4, -0.2) is 18.1 Å². The Kier molecular flexibility index (Phi) is 4.50. The molecule has 0 radical (unpaired) electrons. The number of carboxylic acid groups (broad SMARTS) is 1. The van der Waals surface area contributed by atoms with E-state index in [0.29, 0.717) is 0 Å². The standard InChI is InChI=1S/C13H19NO2/c1-3-9-13(14-2,10-12(15)16)11-7-5-4-6-8-11/h4-8,14H,3,9-10H2,1-2H3,(H,15,16). The maximum Gasteiger partial charge on any atom is 0.305 e. The van der Waals surface area contributed by atoms with E-state index in [1.807, 2.05) is 37.4 Å². The molecule has 0 bridgehead atoms. The van der Waals surface area contributed by atoms with Crippen molar-refractivity contribution in [2.75, 3.05) is 7.05 Å². The van der Waals surface area contributed by atoms with E-state index in [0.717, 1.165) is 18.4 Å². The summed E-state index contributed by atoms with van der Waals surface area (Å²) >= 11 is 0. The summed E-state index contributed by atoms with van der Waals surface area (Å²) in [4.78, 5) is 11.0. The maximum atomic E-state index is 11.0. The molecule has 0 fully saturated rings. The van der Waals surface area contributed by atoms with Gasteiger partial charge in [0, 0.05) is 0 Å². The predicted molar refractivity (Wildman–Crippen MR) is 64.3 cm³/mol. The van der Waals surface area contributed by atoms with Crippen LogP contribution in [0.25, 0.3) is 0 Å². The molecule has 0 aliphatic rings.